The van der Waals surface area contributed by atoms with Crippen LogP contribution >= 0.6 is 15.9 Å². The van der Waals surface area contributed by atoms with Gasteiger partial charge < -0.3 is 10.5 Å². The van der Waals surface area contributed by atoms with Crippen LogP contribution in [0, 0.1) is 5.82 Å². The van der Waals surface area contributed by atoms with E-state index in [2.05, 4.69) is 15.9 Å². The summed E-state index contributed by atoms with van der Waals surface area (Å²) < 4.78 is 45.7. The molecule has 20 heavy (non-hydrogen) atoms. The zero-order chi connectivity index (χ0) is 15.1. The molecule has 1 saturated heterocycles. The number of anilines is 1. The summed E-state index contributed by atoms with van der Waals surface area (Å²) >= 11 is 2.97. The highest BCUT2D eigenvalue weighted by Gasteiger charge is 2.36. The summed E-state index contributed by atoms with van der Waals surface area (Å²) in [5.41, 5.74) is 5.78. The summed E-state index contributed by atoms with van der Waals surface area (Å²) in [6, 6.07) is 2.15. The van der Waals surface area contributed by atoms with Crippen LogP contribution < -0.4 is 5.73 Å². The molecule has 0 spiro atoms. The molecule has 5 nitrogen and oxygen atoms in total. The van der Waals surface area contributed by atoms with Crippen LogP contribution in [0.1, 0.15) is 13.3 Å². The molecule has 1 aromatic rings. The van der Waals surface area contributed by atoms with Crippen molar-refractivity contribution in [2.45, 2.75) is 30.4 Å². The standard InChI is InChI=1S/C12H16BrFN2O3S/c1-7-10(3-4-19-7)16(2)20(17,18)11-6-8(15)5-9(13)12(11)14/h5-7,10H,3-4,15H2,1-2H3. The molecule has 2 N–H and O–H groups in total. The van der Waals surface area contributed by atoms with E-state index in [4.69, 9.17) is 10.5 Å². The fourth-order valence-electron chi connectivity index (χ4n) is 2.30. The maximum atomic E-state index is 14.1. The van der Waals surface area contributed by atoms with Crippen molar-refractivity contribution >= 4 is 31.6 Å². The van der Waals surface area contributed by atoms with Gasteiger partial charge in [-0.15, -0.1) is 0 Å². The van der Waals surface area contributed by atoms with Gasteiger partial charge in [-0.1, -0.05) is 0 Å². The van der Waals surface area contributed by atoms with E-state index >= 15 is 0 Å². The molecular weight excluding hydrogens is 351 g/mol. The SMILES string of the molecule is CC1OCCC1N(C)S(=O)(=O)c1cc(N)cc(Br)c1F. The first-order valence-electron chi connectivity index (χ1n) is 6.09. The van der Waals surface area contributed by atoms with Crippen LogP contribution in [0.2, 0.25) is 0 Å². The Kier molecular flexibility index (Phi) is 4.38. The monoisotopic (exact) mass is 366 g/mol. The highest BCUT2D eigenvalue weighted by molar-refractivity contribution is 9.10. The quantitative estimate of drug-likeness (QED) is 0.830. The van der Waals surface area contributed by atoms with Crippen molar-refractivity contribution in [2.75, 3.05) is 19.4 Å². The van der Waals surface area contributed by atoms with E-state index in [9.17, 15) is 12.8 Å². The lowest BCUT2D eigenvalue weighted by molar-refractivity contribution is 0.102. The number of likely N-dealkylation sites (N-methyl/N-ethyl adjacent to an activating group) is 1. The first kappa shape index (κ1) is 15.7. The number of ether oxygens (including phenoxy) is 1. The molecule has 0 amide bonds. The minimum atomic E-state index is -3.96. The molecule has 8 heteroatoms. The van der Waals surface area contributed by atoms with E-state index in [1.807, 2.05) is 0 Å². The maximum Gasteiger partial charge on any atom is 0.246 e. The van der Waals surface area contributed by atoms with Gasteiger partial charge in [0.25, 0.3) is 0 Å². The second-order valence-corrected chi connectivity index (χ2v) is 7.59. The number of benzene rings is 1. The molecule has 1 heterocycles. The van der Waals surface area contributed by atoms with Gasteiger partial charge in [-0.3, -0.25) is 0 Å². The Morgan fingerprint density at radius 2 is 2.15 bits per heavy atom. The number of halogens is 2. The van der Waals surface area contributed by atoms with Gasteiger partial charge in [-0.05, 0) is 41.4 Å². The van der Waals surface area contributed by atoms with Crippen LogP contribution in [0.4, 0.5) is 10.1 Å². The lowest BCUT2D eigenvalue weighted by atomic mass is 10.2. The molecule has 1 aliphatic rings. The minimum Gasteiger partial charge on any atom is -0.399 e. The summed E-state index contributed by atoms with van der Waals surface area (Å²) in [6.07, 6.45) is 0.365. The van der Waals surface area contributed by atoms with Gasteiger partial charge in [0, 0.05) is 19.3 Å². The molecule has 0 radical (unpaired) electrons. The molecule has 0 aliphatic carbocycles. The summed E-state index contributed by atoms with van der Waals surface area (Å²) in [6.45, 7) is 2.30. The smallest absolute Gasteiger partial charge is 0.246 e. The number of nitrogen functional groups attached to an aromatic ring is 1. The van der Waals surface area contributed by atoms with Gasteiger partial charge in [-0.25, -0.2) is 12.8 Å². The molecule has 1 aromatic carbocycles. The molecule has 1 aliphatic heterocycles. The molecule has 0 saturated carbocycles. The zero-order valence-corrected chi connectivity index (χ0v) is 13.5. The van der Waals surface area contributed by atoms with Gasteiger partial charge in [0.15, 0.2) is 5.82 Å². The summed E-state index contributed by atoms with van der Waals surface area (Å²) in [5, 5.41) is 0. The van der Waals surface area contributed by atoms with Crippen molar-refractivity contribution in [2.24, 2.45) is 0 Å². The van der Waals surface area contributed by atoms with Gasteiger partial charge in [0.2, 0.25) is 10.0 Å². The van der Waals surface area contributed by atoms with Crippen LogP contribution in [-0.2, 0) is 14.8 Å². The van der Waals surface area contributed by atoms with E-state index in [-0.39, 0.29) is 22.3 Å². The van der Waals surface area contributed by atoms with E-state index in [1.54, 1.807) is 6.92 Å². The highest BCUT2D eigenvalue weighted by Crippen LogP contribution is 2.30. The van der Waals surface area contributed by atoms with Gasteiger partial charge in [0.1, 0.15) is 4.90 Å². The van der Waals surface area contributed by atoms with Crippen LogP contribution in [0.5, 0.6) is 0 Å². The molecular formula is C12H16BrFN2O3S. The second-order valence-electron chi connectivity index (χ2n) is 4.77. The number of nitrogens with two attached hydrogens (primary N) is 1. The Bertz CT molecular complexity index is 623. The third-order valence-corrected chi connectivity index (χ3v) is 5.94. The molecule has 2 unspecified atom stereocenters. The normalized spacial score (nSPS) is 23.4. The summed E-state index contributed by atoms with van der Waals surface area (Å²) in [4.78, 5) is -0.425. The van der Waals surface area contributed by atoms with E-state index in [0.717, 1.165) is 10.4 Å². The van der Waals surface area contributed by atoms with Crippen molar-refractivity contribution in [1.82, 2.24) is 4.31 Å². The average molecular weight is 367 g/mol. The number of nitrogens with zero attached hydrogens (tertiary/aromatic N) is 1. The summed E-state index contributed by atoms with van der Waals surface area (Å²) in [5.74, 6) is -0.836. The van der Waals surface area contributed by atoms with Gasteiger partial charge in [-0.2, -0.15) is 4.31 Å². The Balaban J connectivity index is 2.45. The lowest BCUT2D eigenvalue weighted by Gasteiger charge is -2.26. The van der Waals surface area contributed by atoms with Crippen molar-refractivity contribution < 1.29 is 17.5 Å². The van der Waals surface area contributed by atoms with E-state index in [0.29, 0.717) is 13.0 Å². The van der Waals surface area contributed by atoms with Gasteiger partial charge in [0.05, 0.1) is 16.6 Å². The van der Waals surface area contributed by atoms with Crippen molar-refractivity contribution in [3.63, 3.8) is 0 Å². The Labute approximate surface area is 126 Å². The molecule has 1 fully saturated rings. The molecule has 2 atom stereocenters. The third kappa shape index (κ3) is 2.69. The predicted molar refractivity (Wildman–Crippen MR) is 77.3 cm³/mol. The topological polar surface area (TPSA) is 72.6 Å². The maximum absolute atomic E-state index is 14.1. The fourth-order valence-corrected chi connectivity index (χ4v) is 4.48. The first-order chi connectivity index (χ1) is 9.25. The van der Waals surface area contributed by atoms with Gasteiger partial charge >= 0.3 is 0 Å². The Morgan fingerprint density at radius 3 is 2.70 bits per heavy atom. The first-order valence-corrected chi connectivity index (χ1v) is 8.32. The van der Waals surface area contributed by atoms with Crippen LogP contribution in [0.15, 0.2) is 21.5 Å². The second kappa shape index (κ2) is 5.59. The van der Waals surface area contributed by atoms with E-state index in [1.165, 1.54) is 13.1 Å². The summed E-state index contributed by atoms with van der Waals surface area (Å²) in [7, 11) is -2.53. The molecule has 0 bridgehead atoms. The zero-order valence-electron chi connectivity index (χ0n) is 11.1. The number of hydrogen-bond acceptors (Lipinski definition) is 4. The Morgan fingerprint density at radius 1 is 1.50 bits per heavy atom. The van der Waals surface area contributed by atoms with Crippen LogP contribution in [0.3, 0.4) is 0 Å². The molecule has 112 valence electrons. The Hall–Kier alpha value is -0.700. The highest BCUT2D eigenvalue weighted by atomic mass is 79.9. The number of rotatable bonds is 3. The minimum absolute atomic E-state index is 0.0280. The van der Waals surface area contributed by atoms with Crippen molar-refractivity contribution in [3.8, 4) is 0 Å². The third-order valence-electron chi connectivity index (χ3n) is 3.48. The largest absolute Gasteiger partial charge is 0.399 e. The predicted octanol–water partition coefficient (Wildman–Crippen LogP) is 1.97. The molecule has 2 rings (SSSR count). The molecule has 0 aromatic heterocycles. The number of hydrogen-bond donors (Lipinski definition) is 1. The van der Waals surface area contributed by atoms with Crippen LogP contribution in [0.25, 0.3) is 0 Å². The van der Waals surface area contributed by atoms with Crippen molar-refractivity contribution in [1.29, 1.82) is 0 Å². The fraction of sp³-hybridized carbons (Fsp3) is 0.500. The van der Waals surface area contributed by atoms with Crippen molar-refractivity contribution in [3.05, 3.63) is 22.4 Å². The lowest BCUT2D eigenvalue weighted by Crippen LogP contribution is -2.41. The van der Waals surface area contributed by atoms with Crippen LogP contribution in [-0.4, -0.2) is 38.5 Å². The average Bonchev–Trinajstić information content (AvgIpc) is 2.78. The van der Waals surface area contributed by atoms with E-state index < -0.39 is 20.7 Å². The number of sulfonamides is 1.